The minimum atomic E-state index is -0.682. The molecule has 0 aliphatic heterocycles. The van der Waals surface area contributed by atoms with E-state index in [0.29, 0.717) is 17.3 Å². The molecule has 0 unspecified atom stereocenters. The fraction of sp³-hybridized carbons (Fsp3) is 0.273. The Morgan fingerprint density at radius 3 is 2.59 bits per heavy atom. The Morgan fingerprint density at radius 2 is 1.88 bits per heavy atom. The first-order chi connectivity index (χ1) is 15.4. The number of aromatic nitrogens is 2. The molecule has 1 heterocycles. The molecule has 0 saturated carbocycles. The van der Waals surface area contributed by atoms with Crippen LogP contribution in [0.25, 0.3) is 10.8 Å². The van der Waals surface area contributed by atoms with Crippen molar-refractivity contribution in [2.75, 3.05) is 6.61 Å². The summed E-state index contributed by atoms with van der Waals surface area (Å²) in [4.78, 5) is 37.4. The summed E-state index contributed by atoms with van der Waals surface area (Å²) < 4.78 is 19.6. The van der Waals surface area contributed by atoms with Crippen molar-refractivity contribution >= 4 is 34.2 Å². The highest BCUT2D eigenvalue weighted by Crippen LogP contribution is 2.24. The molecule has 2 amide bonds. The van der Waals surface area contributed by atoms with Crippen LogP contribution in [0.3, 0.4) is 0 Å². The first kappa shape index (κ1) is 23.2. The number of fused-ring (bicyclic) bond motifs is 1. The van der Waals surface area contributed by atoms with Crippen molar-refractivity contribution in [1.29, 1.82) is 0 Å². The molecule has 8 nitrogen and oxygen atoms in total. The molecule has 0 aliphatic rings. The summed E-state index contributed by atoms with van der Waals surface area (Å²) in [6.07, 6.45) is 2.66. The van der Waals surface area contributed by atoms with Crippen LogP contribution in [0.2, 0.25) is 5.02 Å². The van der Waals surface area contributed by atoms with Gasteiger partial charge in [-0.05, 0) is 30.7 Å². The molecule has 2 aromatic carbocycles. The first-order valence-corrected chi connectivity index (χ1v) is 10.5. The monoisotopic (exact) mass is 460 g/mol. The molecule has 2 N–H and O–H groups in total. The SMILES string of the molecule is CCCCCn1nc(C(=O)NNC(=O)COc2ccc(F)cc2Cl)c2ccccc2c1=O. The second-order valence-electron chi connectivity index (χ2n) is 7.00. The number of amides is 2. The van der Waals surface area contributed by atoms with Crippen LogP contribution in [-0.4, -0.2) is 28.2 Å². The Kier molecular flexibility index (Phi) is 7.77. The van der Waals surface area contributed by atoms with E-state index >= 15 is 0 Å². The van der Waals surface area contributed by atoms with Crippen LogP contribution in [0.5, 0.6) is 5.75 Å². The predicted octanol–water partition coefficient (Wildman–Crippen LogP) is 3.22. The molecular weight excluding hydrogens is 439 g/mol. The van der Waals surface area contributed by atoms with Crippen LogP contribution in [0.1, 0.15) is 36.7 Å². The van der Waals surface area contributed by atoms with Crippen LogP contribution in [0, 0.1) is 5.82 Å². The lowest BCUT2D eigenvalue weighted by atomic mass is 10.1. The second kappa shape index (κ2) is 10.7. The molecule has 32 heavy (non-hydrogen) atoms. The van der Waals surface area contributed by atoms with E-state index in [9.17, 15) is 18.8 Å². The van der Waals surface area contributed by atoms with Gasteiger partial charge in [-0.3, -0.25) is 25.2 Å². The normalized spacial score (nSPS) is 10.7. The van der Waals surface area contributed by atoms with Crippen LogP contribution in [0.15, 0.2) is 47.3 Å². The molecule has 1 aromatic heterocycles. The van der Waals surface area contributed by atoms with Crippen molar-refractivity contribution in [1.82, 2.24) is 20.6 Å². The van der Waals surface area contributed by atoms with E-state index in [1.54, 1.807) is 24.3 Å². The van der Waals surface area contributed by atoms with Gasteiger partial charge in [0, 0.05) is 11.9 Å². The molecule has 0 spiro atoms. The Balaban J connectivity index is 1.69. The van der Waals surface area contributed by atoms with Crippen molar-refractivity contribution < 1.29 is 18.7 Å². The number of ether oxygens (including phenoxy) is 1. The van der Waals surface area contributed by atoms with Gasteiger partial charge in [-0.1, -0.05) is 49.6 Å². The van der Waals surface area contributed by atoms with Crippen molar-refractivity contribution in [3.05, 3.63) is 69.4 Å². The molecule has 3 aromatic rings. The van der Waals surface area contributed by atoms with Crippen molar-refractivity contribution in [3.8, 4) is 5.75 Å². The molecule has 0 atom stereocenters. The lowest BCUT2D eigenvalue weighted by Crippen LogP contribution is -2.44. The number of nitrogens with zero attached hydrogens (tertiary/aromatic N) is 2. The third-order valence-electron chi connectivity index (χ3n) is 4.62. The largest absolute Gasteiger partial charge is 0.482 e. The van der Waals surface area contributed by atoms with Gasteiger partial charge >= 0.3 is 0 Å². The van der Waals surface area contributed by atoms with E-state index in [2.05, 4.69) is 16.0 Å². The van der Waals surface area contributed by atoms with Crippen LogP contribution < -0.4 is 21.1 Å². The Bertz CT molecular complexity index is 1200. The van der Waals surface area contributed by atoms with Gasteiger partial charge in [-0.15, -0.1) is 0 Å². The van der Waals surface area contributed by atoms with E-state index in [4.69, 9.17) is 16.3 Å². The maximum absolute atomic E-state index is 13.1. The van der Waals surface area contributed by atoms with E-state index in [-0.39, 0.29) is 22.0 Å². The number of benzene rings is 2. The fourth-order valence-electron chi connectivity index (χ4n) is 3.02. The highest BCUT2D eigenvalue weighted by Gasteiger charge is 2.17. The van der Waals surface area contributed by atoms with E-state index < -0.39 is 24.2 Å². The maximum atomic E-state index is 13.1. The topological polar surface area (TPSA) is 102 Å². The quantitative estimate of drug-likeness (QED) is 0.397. The molecule has 0 fully saturated rings. The summed E-state index contributed by atoms with van der Waals surface area (Å²) in [6, 6.07) is 10.2. The minimum Gasteiger partial charge on any atom is -0.482 e. The van der Waals surface area contributed by atoms with Gasteiger partial charge < -0.3 is 4.74 Å². The van der Waals surface area contributed by atoms with Gasteiger partial charge in [0.15, 0.2) is 12.3 Å². The fourth-order valence-corrected chi connectivity index (χ4v) is 3.25. The summed E-state index contributed by atoms with van der Waals surface area (Å²) in [7, 11) is 0. The maximum Gasteiger partial charge on any atom is 0.290 e. The molecule has 0 radical (unpaired) electrons. The van der Waals surface area contributed by atoms with Crippen molar-refractivity contribution in [2.45, 2.75) is 32.7 Å². The molecule has 0 aliphatic carbocycles. The zero-order chi connectivity index (χ0) is 23.1. The molecule has 168 valence electrons. The number of hydrogen-bond donors (Lipinski definition) is 2. The highest BCUT2D eigenvalue weighted by atomic mass is 35.5. The van der Waals surface area contributed by atoms with E-state index in [1.807, 2.05) is 6.92 Å². The van der Waals surface area contributed by atoms with Gasteiger partial charge in [-0.25, -0.2) is 9.07 Å². The smallest absolute Gasteiger partial charge is 0.290 e. The van der Waals surface area contributed by atoms with E-state index in [1.165, 1.54) is 10.7 Å². The number of carbonyl (C=O) groups is 2. The van der Waals surface area contributed by atoms with Crippen molar-refractivity contribution in [2.24, 2.45) is 0 Å². The molecule has 0 saturated heterocycles. The number of carbonyl (C=O) groups excluding carboxylic acids is 2. The number of halogens is 2. The summed E-state index contributed by atoms with van der Waals surface area (Å²) in [5, 5.41) is 4.98. The number of hydrazine groups is 1. The average molecular weight is 461 g/mol. The summed E-state index contributed by atoms with van der Waals surface area (Å²) in [5.41, 5.74) is 4.24. The standard InChI is InChI=1S/C22H22ClFN4O4/c1-2-3-6-11-28-22(31)16-8-5-4-7-15(16)20(27-28)21(30)26-25-19(29)13-32-18-10-9-14(24)12-17(18)23/h4-5,7-10,12H,2-3,6,11,13H2,1H3,(H,25,29)(H,26,30). The Hall–Kier alpha value is -3.46. The number of rotatable bonds is 8. The minimum absolute atomic E-state index is 0.0134. The van der Waals surface area contributed by atoms with Crippen LogP contribution >= 0.6 is 11.6 Å². The number of unbranched alkanes of at least 4 members (excludes halogenated alkanes) is 2. The van der Waals surface area contributed by atoms with Crippen LogP contribution in [0.4, 0.5) is 4.39 Å². The Morgan fingerprint density at radius 1 is 1.12 bits per heavy atom. The summed E-state index contributed by atoms with van der Waals surface area (Å²) in [5.74, 6) is -1.76. The molecular formula is C22H22ClFN4O4. The van der Waals surface area contributed by atoms with E-state index in [0.717, 1.165) is 31.4 Å². The average Bonchev–Trinajstić information content (AvgIpc) is 2.78. The van der Waals surface area contributed by atoms with Gasteiger partial charge in [0.2, 0.25) is 0 Å². The summed E-state index contributed by atoms with van der Waals surface area (Å²) in [6.45, 7) is 1.97. The molecule has 10 heteroatoms. The molecule has 3 rings (SSSR count). The summed E-state index contributed by atoms with van der Waals surface area (Å²) >= 11 is 5.85. The first-order valence-electron chi connectivity index (χ1n) is 10.1. The second-order valence-corrected chi connectivity index (χ2v) is 7.40. The number of nitrogens with one attached hydrogen (secondary N) is 2. The Labute approximate surface area is 188 Å². The van der Waals surface area contributed by atoms with Gasteiger partial charge in [0.25, 0.3) is 17.4 Å². The van der Waals surface area contributed by atoms with Gasteiger partial charge in [-0.2, -0.15) is 5.10 Å². The lowest BCUT2D eigenvalue weighted by Gasteiger charge is -2.12. The van der Waals surface area contributed by atoms with Gasteiger partial charge in [0.05, 0.1) is 10.4 Å². The zero-order valence-corrected chi connectivity index (χ0v) is 18.1. The molecule has 0 bridgehead atoms. The lowest BCUT2D eigenvalue weighted by molar-refractivity contribution is -0.123. The van der Waals surface area contributed by atoms with Crippen LogP contribution in [-0.2, 0) is 11.3 Å². The van der Waals surface area contributed by atoms with Crippen molar-refractivity contribution in [3.63, 3.8) is 0 Å². The number of aryl methyl sites for hydroxylation is 1. The number of hydrogen-bond acceptors (Lipinski definition) is 5. The highest BCUT2D eigenvalue weighted by molar-refractivity contribution is 6.32. The van der Waals surface area contributed by atoms with Gasteiger partial charge in [0.1, 0.15) is 11.6 Å². The predicted molar refractivity (Wildman–Crippen MR) is 118 cm³/mol. The third kappa shape index (κ3) is 5.61. The zero-order valence-electron chi connectivity index (χ0n) is 17.4. The third-order valence-corrected chi connectivity index (χ3v) is 4.92.